The van der Waals surface area contributed by atoms with Gasteiger partial charge in [0.15, 0.2) is 0 Å². The normalized spacial score (nSPS) is 14.8. The third-order valence-corrected chi connectivity index (χ3v) is 5.50. The number of nitrogens with one attached hydrogen (secondary N) is 2. The number of hydrogen-bond donors (Lipinski definition) is 2. The lowest BCUT2D eigenvalue weighted by Gasteiger charge is -2.20. The summed E-state index contributed by atoms with van der Waals surface area (Å²) in [6.45, 7) is 1.99. The summed E-state index contributed by atoms with van der Waals surface area (Å²) in [5.41, 5.74) is 2.68. The first-order valence-electron chi connectivity index (χ1n) is 9.19. The van der Waals surface area contributed by atoms with Gasteiger partial charge in [0.25, 0.3) is 0 Å². The van der Waals surface area contributed by atoms with Crippen molar-refractivity contribution in [3.8, 4) is 11.3 Å². The average Bonchev–Trinajstić information content (AvgIpc) is 3.08. The zero-order valence-corrected chi connectivity index (χ0v) is 15.9. The van der Waals surface area contributed by atoms with E-state index in [1.165, 1.54) is 19.3 Å². The molecule has 1 aliphatic rings. The molecule has 0 radical (unpaired) electrons. The zero-order chi connectivity index (χ0) is 18.4. The quantitative estimate of drug-likeness (QED) is 0.801. The monoisotopic (exact) mass is 371 g/mol. The van der Waals surface area contributed by atoms with Crippen LogP contribution in [-0.4, -0.2) is 23.3 Å². The van der Waals surface area contributed by atoms with E-state index in [9.17, 15) is 9.59 Å². The van der Waals surface area contributed by atoms with Crippen molar-refractivity contribution >= 4 is 28.8 Å². The van der Waals surface area contributed by atoms with Crippen molar-refractivity contribution in [3.05, 3.63) is 34.7 Å². The molecule has 2 amide bonds. The highest BCUT2D eigenvalue weighted by molar-refractivity contribution is 7.09. The Labute approximate surface area is 158 Å². The van der Waals surface area contributed by atoms with Gasteiger partial charge in [0, 0.05) is 23.1 Å². The lowest BCUT2D eigenvalue weighted by Crippen LogP contribution is -2.34. The molecule has 26 heavy (non-hydrogen) atoms. The Morgan fingerprint density at radius 3 is 2.50 bits per heavy atom. The Balaban J connectivity index is 1.43. The fourth-order valence-corrected chi connectivity index (χ4v) is 3.95. The van der Waals surface area contributed by atoms with Crippen molar-refractivity contribution in [2.45, 2.75) is 45.4 Å². The highest BCUT2D eigenvalue weighted by atomic mass is 32.1. The number of rotatable bonds is 6. The summed E-state index contributed by atoms with van der Waals surface area (Å²) in [5.74, 6) is 0.245. The van der Waals surface area contributed by atoms with Gasteiger partial charge in [0.2, 0.25) is 11.8 Å². The molecule has 1 aliphatic carbocycles. The predicted molar refractivity (Wildman–Crippen MR) is 105 cm³/mol. The molecule has 5 nitrogen and oxygen atoms in total. The van der Waals surface area contributed by atoms with E-state index in [0.717, 1.165) is 29.1 Å². The smallest absolute Gasteiger partial charge is 0.243 e. The molecule has 1 saturated carbocycles. The van der Waals surface area contributed by atoms with Crippen LogP contribution in [0.25, 0.3) is 11.3 Å². The Hall–Kier alpha value is -2.21. The van der Waals surface area contributed by atoms with Gasteiger partial charge in [-0.15, -0.1) is 11.3 Å². The van der Waals surface area contributed by atoms with Gasteiger partial charge < -0.3 is 10.6 Å². The molecule has 1 aromatic carbocycles. The number of aryl methyl sites for hydroxylation is 1. The van der Waals surface area contributed by atoms with Gasteiger partial charge in [-0.05, 0) is 37.8 Å². The molecular formula is C20H25N3O2S. The van der Waals surface area contributed by atoms with Crippen LogP contribution in [0.1, 0.15) is 43.5 Å². The second-order valence-corrected chi connectivity index (χ2v) is 7.92. The summed E-state index contributed by atoms with van der Waals surface area (Å²) >= 11 is 1.61. The fourth-order valence-electron chi connectivity index (χ4n) is 3.33. The van der Waals surface area contributed by atoms with Crippen molar-refractivity contribution in [1.82, 2.24) is 10.3 Å². The molecule has 0 aliphatic heterocycles. The maximum absolute atomic E-state index is 12.0. The van der Waals surface area contributed by atoms with Crippen LogP contribution in [-0.2, 0) is 9.59 Å². The molecule has 1 heterocycles. The van der Waals surface area contributed by atoms with Crippen LogP contribution in [0.2, 0.25) is 0 Å². The number of anilines is 1. The van der Waals surface area contributed by atoms with Crippen molar-refractivity contribution in [2.75, 3.05) is 11.9 Å². The Kier molecular flexibility index (Phi) is 6.39. The van der Waals surface area contributed by atoms with Crippen molar-refractivity contribution < 1.29 is 9.59 Å². The maximum Gasteiger partial charge on any atom is 0.243 e. The second kappa shape index (κ2) is 8.94. The second-order valence-electron chi connectivity index (χ2n) is 6.86. The van der Waals surface area contributed by atoms with E-state index in [2.05, 4.69) is 15.6 Å². The third kappa shape index (κ3) is 5.39. The highest BCUT2D eigenvalue weighted by Gasteiger charge is 2.17. The van der Waals surface area contributed by atoms with Gasteiger partial charge in [-0.3, -0.25) is 9.59 Å². The summed E-state index contributed by atoms with van der Waals surface area (Å²) in [7, 11) is 0. The van der Waals surface area contributed by atoms with E-state index in [4.69, 9.17) is 0 Å². The molecule has 6 heteroatoms. The minimum Gasteiger partial charge on any atom is -0.347 e. The number of carbonyl (C=O) groups is 2. The van der Waals surface area contributed by atoms with E-state index in [1.807, 2.05) is 36.6 Å². The lowest BCUT2D eigenvalue weighted by atomic mass is 9.87. The topological polar surface area (TPSA) is 71.1 Å². The van der Waals surface area contributed by atoms with Gasteiger partial charge in [-0.2, -0.15) is 0 Å². The molecule has 0 saturated heterocycles. The summed E-state index contributed by atoms with van der Waals surface area (Å²) in [4.78, 5) is 28.5. The number of hydrogen-bond acceptors (Lipinski definition) is 4. The molecular weight excluding hydrogens is 346 g/mol. The summed E-state index contributed by atoms with van der Waals surface area (Å²) in [6.07, 6.45) is 6.51. The third-order valence-electron chi connectivity index (χ3n) is 4.73. The Morgan fingerprint density at radius 2 is 1.85 bits per heavy atom. The van der Waals surface area contributed by atoms with Gasteiger partial charge in [0.1, 0.15) is 0 Å². The minimum absolute atomic E-state index is 0.0125. The lowest BCUT2D eigenvalue weighted by molar-refractivity contribution is -0.125. The average molecular weight is 372 g/mol. The van der Waals surface area contributed by atoms with E-state index in [1.54, 1.807) is 11.3 Å². The number of amides is 2. The van der Waals surface area contributed by atoms with Gasteiger partial charge >= 0.3 is 0 Å². The molecule has 0 unspecified atom stereocenters. The molecule has 3 rings (SSSR count). The number of benzene rings is 1. The maximum atomic E-state index is 12.0. The Morgan fingerprint density at radius 1 is 1.12 bits per heavy atom. The fraction of sp³-hybridized carbons (Fsp3) is 0.450. The van der Waals surface area contributed by atoms with Gasteiger partial charge in [0.05, 0.1) is 17.2 Å². The molecule has 1 aromatic heterocycles. The van der Waals surface area contributed by atoms with E-state index >= 15 is 0 Å². The van der Waals surface area contributed by atoms with E-state index in [0.29, 0.717) is 18.0 Å². The first kappa shape index (κ1) is 18.6. The number of aromatic nitrogens is 1. The van der Waals surface area contributed by atoms with Crippen LogP contribution in [0.4, 0.5) is 5.69 Å². The van der Waals surface area contributed by atoms with E-state index in [-0.39, 0.29) is 18.4 Å². The number of nitrogens with zero attached hydrogens (tertiary/aromatic N) is 1. The van der Waals surface area contributed by atoms with Crippen LogP contribution in [0, 0.1) is 12.8 Å². The van der Waals surface area contributed by atoms with Crippen molar-refractivity contribution in [3.63, 3.8) is 0 Å². The van der Waals surface area contributed by atoms with Gasteiger partial charge in [-0.1, -0.05) is 31.4 Å². The predicted octanol–water partition coefficient (Wildman–Crippen LogP) is 4.14. The molecule has 1 fully saturated rings. The molecule has 0 atom stereocenters. The van der Waals surface area contributed by atoms with Crippen LogP contribution >= 0.6 is 11.3 Å². The highest BCUT2D eigenvalue weighted by Crippen LogP contribution is 2.26. The van der Waals surface area contributed by atoms with Crippen LogP contribution in [0.5, 0.6) is 0 Å². The van der Waals surface area contributed by atoms with Crippen LogP contribution < -0.4 is 10.6 Å². The number of thiazole rings is 1. The minimum atomic E-state index is -0.209. The number of carbonyl (C=O) groups excluding carboxylic acids is 2. The first-order valence-corrected chi connectivity index (χ1v) is 10.1. The molecule has 2 aromatic rings. The summed E-state index contributed by atoms with van der Waals surface area (Å²) in [6, 6.07) is 7.58. The molecule has 138 valence electrons. The largest absolute Gasteiger partial charge is 0.347 e. The van der Waals surface area contributed by atoms with Crippen LogP contribution in [0.15, 0.2) is 29.6 Å². The Bertz CT molecular complexity index is 749. The zero-order valence-electron chi connectivity index (χ0n) is 15.1. The SMILES string of the molecule is Cc1nc(-c2ccc(NC(=O)CNC(=O)CC3CCCCC3)cc2)cs1. The summed E-state index contributed by atoms with van der Waals surface area (Å²) < 4.78 is 0. The van der Waals surface area contributed by atoms with E-state index < -0.39 is 0 Å². The van der Waals surface area contributed by atoms with Gasteiger partial charge in [-0.25, -0.2) is 4.98 Å². The standard InChI is InChI=1S/C20H25N3O2S/c1-14-22-18(13-26-14)16-7-9-17(10-8-16)23-20(25)12-21-19(24)11-15-5-3-2-4-6-15/h7-10,13,15H,2-6,11-12H2,1H3,(H,21,24)(H,23,25). The molecule has 2 N–H and O–H groups in total. The summed E-state index contributed by atoms with van der Waals surface area (Å²) in [5, 5.41) is 8.59. The van der Waals surface area contributed by atoms with Crippen molar-refractivity contribution in [1.29, 1.82) is 0 Å². The van der Waals surface area contributed by atoms with Crippen LogP contribution in [0.3, 0.4) is 0 Å². The van der Waals surface area contributed by atoms with Crippen molar-refractivity contribution in [2.24, 2.45) is 5.92 Å². The first-order chi connectivity index (χ1) is 12.6. The molecule has 0 spiro atoms. The molecule has 0 bridgehead atoms.